The molecule has 0 aromatic rings. The quantitative estimate of drug-likeness (QED) is 0.317. The van der Waals surface area contributed by atoms with Crippen molar-refractivity contribution in [2.75, 3.05) is 0 Å². The molecule has 0 heterocycles. The molecule has 0 amide bonds. The van der Waals surface area contributed by atoms with Crippen LogP contribution in [0.2, 0.25) is 0 Å². The van der Waals surface area contributed by atoms with Crippen LogP contribution >= 0.6 is 0 Å². The van der Waals surface area contributed by atoms with E-state index in [-0.39, 0.29) is 72.3 Å². The zero-order chi connectivity index (χ0) is 3.58. The summed E-state index contributed by atoms with van der Waals surface area (Å²) in [5.74, 6) is 0. The van der Waals surface area contributed by atoms with Crippen molar-refractivity contribution in [2.45, 2.75) is 0 Å². The van der Waals surface area contributed by atoms with Crippen molar-refractivity contribution in [3.8, 4) is 0 Å². The Labute approximate surface area is 93.0 Å². The Bertz CT molecular complexity index is 19.7. The predicted octanol–water partition coefficient (Wildman–Crippen LogP) is -4.94. The first kappa shape index (κ1) is 15.7. The smallest absolute Gasteiger partial charge is 1.00 e. The van der Waals surface area contributed by atoms with E-state index in [4.69, 9.17) is 15.1 Å². The van der Waals surface area contributed by atoms with Crippen LogP contribution < -0.4 is 51.4 Å². The minimum Gasteiger partial charge on any atom is -1.00 e. The zero-order valence-electron chi connectivity index (χ0n) is 4.63. The van der Waals surface area contributed by atoms with E-state index in [0.717, 1.165) is 0 Å². The Morgan fingerprint density at radius 3 is 1.17 bits per heavy atom. The first-order valence-corrected chi connectivity index (χ1v) is 0.775. The van der Waals surface area contributed by atoms with Gasteiger partial charge in [-0.25, -0.2) is 0 Å². The van der Waals surface area contributed by atoms with Crippen molar-refractivity contribution in [2.24, 2.45) is 0 Å². The van der Waals surface area contributed by atoms with Crippen molar-refractivity contribution < 1.29 is 87.4 Å². The average Bonchev–Trinajstić information content (AvgIpc) is 0.811. The molecule has 0 aromatic heterocycles. The van der Waals surface area contributed by atoms with Gasteiger partial charge < -0.3 is 16.5 Å². The van der Waals surface area contributed by atoms with Crippen LogP contribution in [-0.2, 0) is 19.5 Å². The van der Waals surface area contributed by atoms with Gasteiger partial charge in [0.05, 0.1) is 0 Å². The van der Waals surface area contributed by atoms with Gasteiger partial charge in [0.1, 0.15) is 0 Å². The van der Waals surface area contributed by atoms with Gasteiger partial charge in [-0.2, -0.15) is 0 Å². The molecule has 0 aliphatic heterocycles. The second kappa shape index (κ2) is 10.2. The summed E-state index contributed by atoms with van der Waals surface area (Å²) in [5, 5.41) is 21.5. The Morgan fingerprint density at radius 1 is 1.17 bits per heavy atom. The summed E-state index contributed by atoms with van der Waals surface area (Å²) in [6.45, 7) is 0. The van der Waals surface area contributed by atoms with Gasteiger partial charge in [0.25, 0.3) is 0 Å². The SMILES string of the molecule is OB(O)O.[H-].[K+].[Zn]. The summed E-state index contributed by atoms with van der Waals surface area (Å²) in [4.78, 5) is 0. The van der Waals surface area contributed by atoms with Crippen molar-refractivity contribution in [3.05, 3.63) is 0 Å². The van der Waals surface area contributed by atoms with Crippen LogP contribution in [-0.4, -0.2) is 22.4 Å². The molecule has 0 aliphatic rings. The molecule has 0 unspecified atom stereocenters. The van der Waals surface area contributed by atoms with Gasteiger partial charge in [-0.15, -0.1) is 0 Å². The summed E-state index contributed by atoms with van der Waals surface area (Å²) < 4.78 is 0. The first-order valence-electron chi connectivity index (χ1n) is 0.775. The Kier molecular flexibility index (Phi) is 26.8. The molecule has 6 heteroatoms. The molecular weight excluding hydrogens is 163 g/mol. The molecule has 0 saturated heterocycles. The fourth-order valence-electron chi connectivity index (χ4n) is 0. The second-order valence-corrected chi connectivity index (χ2v) is 0.346. The third-order valence-electron chi connectivity index (χ3n) is 0. The van der Waals surface area contributed by atoms with E-state index in [0.29, 0.717) is 0 Å². The summed E-state index contributed by atoms with van der Waals surface area (Å²) in [7, 11) is -2.17. The number of hydrogen-bond acceptors (Lipinski definition) is 3. The summed E-state index contributed by atoms with van der Waals surface area (Å²) in [6.07, 6.45) is 0. The van der Waals surface area contributed by atoms with Crippen LogP contribution in [0.15, 0.2) is 0 Å². The molecular formula is H4BKO3Zn. The Balaban J connectivity index is -0.0000000150. The van der Waals surface area contributed by atoms with Crippen molar-refractivity contribution in [3.63, 3.8) is 0 Å². The van der Waals surface area contributed by atoms with Crippen molar-refractivity contribution >= 4 is 7.32 Å². The fourth-order valence-corrected chi connectivity index (χ4v) is 0. The van der Waals surface area contributed by atoms with E-state index >= 15 is 0 Å². The number of rotatable bonds is 0. The normalized spacial score (nSPS) is 4.50. The van der Waals surface area contributed by atoms with Gasteiger partial charge in [0.2, 0.25) is 0 Å². The molecule has 0 bridgehead atoms. The van der Waals surface area contributed by atoms with E-state index < -0.39 is 7.32 Å². The van der Waals surface area contributed by atoms with Crippen LogP contribution in [0.5, 0.6) is 0 Å². The number of hydrogen-bond donors (Lipinski definition) is 3. The summed E-state index contributed by atoms with van der Waals surface area (Å²) in [5.41, 5.74) is 0. The van der Waals surface area contributed by atoms with Crippen molar-refractivity contribution in [1.82, 2.24) is 0 Å². The van der Waals surface area contributed by atoms with E-state index in [9.17, 15) is 0 Å². The van der Waals surface area contributed by atoms with Crippen LogP contribution in [0.1, 0.15) is 1.43 Å². The van der Waals surface area contributed by atoms with Crippen LogP contribution in [0.25, 0.3) is 0 Å². The second-order valence-electron chi connectivity index (χ2n) is 0.346. The summed E-state index contributed by atoms with van der Waals surface area (Å²) >= 11 is 0. The van der Waals surface area contributed by atoms with E-state index in [1.54, 1.807) is 0 Å². The van der Waals surface area contributed by atoms with Gasteiger partial charge in [0.15, 0.2) is 0 Å². The molecule has 0 saturated carbocycles. The maximum Gasteiger partial charge on any atom is 1.00 e. The largest absolute Gasteiger partial charge is 1.00 e. The Hall–Kier alpha value is 2.20. The molecule has 3 N–H and O–H groups in total. The standard InChI is InChI=1S/BH3O3.K.Zn.H/c2-1(3)4;;;/h2-4H;;;/q;+1;;-1. The third-order valence-corrected chi connectivity index (χ3v) is 0. The molecule has 28 valence electrons. The monoisotopic (exact) mass is 166 g/mol. The topological polar surface area (TPSA) is 60.7 Å². The summed E-state index contributed by atoms with van der Waals surface area (Å²) in [6, 6.07) is 0. The average molecular weight is 167 g/mol. The van der Waals surface area contributed by atoms with Crippen LogP contribution in [0.3, 0.4) is 0 Å². The molecule has 0 aliphatic carbocycles. The van der Waals surface area contributed by atoms with Crippen molar-refractivity contribution in [1.29, 1.82) is 0 Å². The van der Waals surface area contributed by atoms with Gasteiger partial charge in [-0.05, 0) is 0 Å². The predicted molar refractivity (Wildman–Crippen MR) is 13.5 cm³/mol. The first-order chi connectivity index (χ1) is 1.73. The molecule has 6 heavy (non-hydrogen) atoms. The molecule has 0 fully saturated rings. The minimum atomic E-state index is -2.17. The van der Waals surface area contributed by atoms with Gasteiger partial charge in [0, 0.05) is 19.5 Å². The van der Waals surface area contributed by atoms with Crippen LogP contribution in [0, 0.1) is 0 Å². The molecule has 0 spiro atoms. The van der Waals surface area contributed by atoms with E-state index in [1.165, 1.54) is 0 Å². The molecule has 3 nitrogen and oxygen atoms in total. The van der Waals surface area contributed by atoms with Gasteiger partial charge in [-0.1, -0.05) is 0 Å². The van der Waals surface area contributed by atoms with E-state index in [1.807, 2.05) is 0 Å². The van der Waals surface area contributed by atoms with Crippen LogP contribution in [0.4, 0.5) is 0 Å². The maximum absolute atomic E-state index is 7.17. The third kappa shape index (κ3) is 34.6. The molecule has 0 radical (unpaired) electrons. The zero-order valence-corrected chi connectivity index (χ0v) is 9.72. The fraction of sp³-hybridized carbons (Fsp3) is 0. The molecule has 0 aromatic carbocycles. The maximum atomic E-state index is 7.17. The minimum absolute atomic E-state index is 0. The molecule has 0 rings (SSSR count). The molecule has 0 atom stereocenters. The van der Waals surface area contributed by atoms with E-state index in [2.05, 4.69) is 0 Å². The van der Waals surface area contributed by atoms with Gasteiger partial charge >= 0.3 is 58.7 Å². The van der Waals surface area contributed by atoms with Gasteiger partial charge in [-0.3, -0.25) is 0 Å². The Morgan fingerprint density at radius 2 is 1.17 bits per heavy atom.